The van der Waals surface area contributed by atoms with Gasteiger partial charge in [-0.3, -0.25) is 13.8 Å². The third-order valence-corrected chi connectivity index (χ3v) is 5.90. The second-order valence-corrected chi connectivity index (χ2v) is 7.68. The highest BCUT2D eigenvalue weighted by molar-refractivity contribution is 7.86. The van der Waals surface area contributed by atoms with E-state index < -0.39 is 16.0 Å². The number of rotatable bonds is 10. The first-order valence-corrected chi connectivity index (χ1v) is 9.04. The van der Waals surface area contributed by atoms with Crippen molar-refractivity contribution < 1.29 is 18.5 Å². The van der Waals surface area contributed by atoms with Crippen LogP contribution >= 0.6 is 0 Å². The van der Waals surface area contributed by atoms with E-state index in [0.717, 1.165) is 32.1 Å². The third kappa shape index (κ3) is 6.16. The summed E-state index contributed by atoms with van der Waals surface area (Å²) in [5.74, 6) is -0.00877. The molecule has 1 N–H and O–H groups in total. The number of esters is 1. The summed E-state index contributed by atoms with van der Waals surface area (Å²) in [7, 11) is 0.116. The molecule has 122 valence electrons. The van der Waals surface area contributed by atoms with E-state index in [9.17, 15) is 13.8 Å². The molecule has 1 aliphatic carbocycles. The lowest BCUT2D eigenvalue weighted by Crippen LogP contribution is -2.38. The molecule has 2 atom stereocenters. The highest BCUT2D eigenvalue weighted by atomic mass is 32.2. The highest BCUT2D eigenvalue weighted by Gasteiger charge is 2.46. The zero-order valence-corrected chi connectivity index (χ0v) is 14.1. The lowest BCUT2D eigenvalue weighted by atomic mass is 10.1. The molecule has 2 unspecified atom stereocenters. The molecule has 1 aliphatic rings. The second kappa shape index (κ2) is 8.51. The summed E-state index contributed by atoms with van der Waals surface area (Å²) in [5, 5.41) is 2.31. The largest absolute Gasteiger partial charge is 0.469 e. The van der Waals surface area contributed by atoms with E-state index in [4.69, 9.17) is 0 Å². The normalized spacial score (nSPS) is 18.6. The molecule has 6 heteroatoms. The number of amides is 1. The van der Waals surface area contributed by atoms with Gasteiger partial charge in [-0.15, -0.1) is 0 Å². The zero-order chi connectivity index (χ0) is 15.9. The highest BCUT2D eigenvalue weighted by Crippen LogP contribution is 2.49. The van der Waals surface area contributed by atoms with E-state index in [-0.39, 0.29) is 17.3 Å². The van der Waals surface area contributed by atoms with Gasteiger partial charge in [0.15, 0.2) is 0 Å². The summed E-state index contributed by atoms with van der Waals surface area (Å²) in [5.41, 5.74) is -0.200. The molecule has 5 nitrogen and oxygen atoms in total. The first kappa shape index (κ1) is 18.1. The van der Waals surface area contributed by atoms with Crippen LogP contribution in [0.2, 0.25) is 0 Å². The van der Waals surface area contributed by atoms with Crippen molar-refractivity contribution in [3.8, 4) is 0 Å². The Labute approximate surface area is 129 Å². The Hall–Kier alpha value is -0.910. The van der Waals surface area contributed by atoms with Crippen molar-refractivity contribution in [1.29, 1.82) is 0 Å². The lowest BCUT2D eigenvalue weighted by Gasteiger charge is -2.17. The maximum absolute atomic E-state index is 12.3. The monoisotopic (exact) mass is 317 g/mol. The van der Waals surface area contributed by atoms with E-state index in [1.807, 2.05) is 0 Å². The molecule has 0 bridgehead atoms. The molecule has 1 amide bonds. The van der Waals surface area contributed by atoms with Gasteiger partial charge in [-0.1, -0.05) is 19.8 Å². The minimum absolute atomic E-state index is 0.154. The molecule has 0 saturated heterocycles. The molecule has 0 aromatic carbocycles. The van der Waals surface area contributed by atoms with Crippen molar-refractivity contribution in [2.45, 2.75) is 57.6 Å². The molecule has 0 aliphatic heterocycles. The molecule has 1 fully saturated rings. The third-order valence-electron chi connectivity index (χ3n) is 4.00. The van der Waals surface area contributed by atoms with E-state index in [1.54, 1.807) is 6.92 Å². The fourth-order valence-corrected chi connectivity index (χ4v) is 3.77. The average molecular weight is 317 g/mol. The van der Waals surface area contributed by atoms with Gasteiger partial charge in [-0.25, -0.2) is 0 Å². The summed E-state index contributed by atoms with van der Waals surface area (Å²) >= 11 is 0. The Balaban J connectivity index is 2.37. The van der Waals surface area contributed by atoms with Gasteiger partial charge >= 0.3 is 5.97 Å². The fourth-order valence-electron chi connectivity index (χ4n) is 2.20. The summed E-state index contributed by atoms with van der Waals surface area (Å²) in [4.78, 5) is 23.3. The molecule has 1 rings (SSSR count). The number of hydrogen-bond acceptors (Lipinski definition) is 4. The van der Waals surface area contributed by atoms with Crippen LogP contribution in [0.1, 0.15) is 52.4 Å². The van der Waals surface area contributed by atoms with Crippen molar-refractivity contribution in [1.82, 2.24) is 5.32 Å². The first-order chi connectivity index (χ1) is 9.94. The molecule has 0 heterocycles. The van der Waals surface area contributed by atoms with Gasteiger partial charge in [0.1, 0.15) is 5.25 Å². The smallest absolute Gasteiger partial charge is 0.306 e. The maximum Gasteiger partial charge on any atom is 0.306 e. The molecule has 0 aromatic heterocycles. The average Bonchev–Trinajstić information content (AvgIpc) is 3.21. The van der Waals surface area contributed by atoms with Gasteiger partial charge in [0.05, 0.1) is 13.5 Å². The molecular weight excluding hydrogens is 290 g/mol. The van der Waals surface area contributed by atoms with Crippen LogP contribution in [0.15, 0.2) is 0 Å². The Morgan fingerprint density at radius 1 is 1.33 bits per heavy atom. The number of nitrogens with one attached hydrogen (secondary N) is 1. The molecule has 0 aromatic rings. The first-order valence-electron chi connectivity index (χ1n) is 7.66. The summed E-state index contributed by atoms with van der Waals surface area (Å²) in [6, 6.07) is 0. The van der Waals surface area contributed by atoms with E-state index in [0.29, 0.717) is 18.7 Å². The topological polar surface area (TPSA) is 72.5 Å². The Bertz CT molecular complexity index is 393. The van der Waals surface area contributed by atoms with Crippen LogP contribution in [-0.4, -0.2) is 40.7 Å². The molecule has 0 spiro atoms. The van der Waals surface area contributed by atoms with Crippen LogP contribution in [0.3, 0.4) is 0 Å². The molecule has 1 saturated carbocycles. The van der Waals surface area contributed by atoms with Crippen molar-refractivity contribution in [2.75, 3.05) is 19.4 Å². The summed E-state index contributed by atoms with van der Waals surface area (Å²) in [6.45, 7) is 4.44. The van der Waals surface area contributed by atoms with Gasteiger partial charge in [-0.05, 0) is 31.6 Å². The van der Waals surface area contributed by atoms with Crippen LogP contribution in [0.5, 0.6) is 0 Å². The Morgan fingerprint density at radius 3 is 2.52 bits per heavy atom. The van der Waals surface area contributed by atoms with E-state index in [2.05, 4.69) is 17.0 Å². The minimum Gasteiger partial charge on any atom is -0.469 e. The quantitative estimate of drug-likeness (QED) is 0.492. The second-order valence-electron chi connectivity index (χ2n) is 5.92. The zero-order valence-electron chi connectivity index (χ0n) is 13.3. The van der Waals surface area contributed by atoms with Crippen LogP contribution in [0.4, 0.5) is 0 Å². The Morgan fingerprint density at radius 2 is 2.00 bits per heavy atom. The summed E-state index contributed by atoms with van der Waals surface area (Å²) in [6.07, 6.45) is 5.22. The van der Waals surface area contributed by atoms with Crippen molar-refractivity contribution in [2.24, 2.45) is 5.41 Å². The Kier molecular flexibility index (Phi) is 7.35. The van der Waals surface area contributed by atoms with Crippen molar-refractivity contribution in [3.05, 3.63) is 0 Å². The van der Waals surface area contributed by atoms with Gasteiger partial charge in [0, 0.05) is 23.1 Å². The number of unbranched alkanes of at least 4 members (excludes halogenated alkanes) is 2. The van der Waals surface area contributed by atoms with Gasteiger partial charge < -0.3 is 10.1 Å². The number of methoxy groups -OCH3 is 1. The van der Waals surface area contributed by atoms with Gasteiger partial charge in [0.2, 0.25) is 5.91 Å². The number of ether oxygens (including phenoxy) is 1. The standard InChI is InChI=1S/C15H27NO4S/c1-4-5-6-9-16-14(18)12(2)21(19)11-15(7-8-15)10-13(17)20-3/h12H,4-11H2,1-3H3,(H,16,18). The van der Waals surface area contributed by atoms with E-state index in [1.165, 1.54) is 7.11 Å². The number of carbonyl (C=O) groups excluding carboxylic acids is 2. The summed E-state index contributed by atoms with van der Waals surface area (Å²) < 4.78 is 17.0. The van der Waals surface area contributed by atoms with Crippen molar-refractivity contribution >= 4 is 22.7 Å². The predicted octanol–water partition coefficient (Wildman–Crippen LogP) is 1.77. The lowest BCUT2D eigenvalue weighted by molar-refractivity contribution is -0.141. The molecular formula is C15H27NO4S. The number of carbonyl (C=O) groups is 2. The van der Waals surface area contributed by atoms with Crippen molar-refractivity contribution in [3.63, 3.8) is 0 Å². The fraction of sp³-hybridized carbons (Fsp3) is 0.867. The molecule has 0 radical (unpaired) electrons. The predicted molar refractivity (Wildman–Crippen MR) is 83.3 cm³/mol. The van der Waals surface area contributed by atoms with E-state index >= 15 is 0 Å². The van der Waals surface area contributed by atoms with Crippen LogP contribution < -0.4 is 5.32 Å². The minimum atomic E-state index is -1.25. The van der Waals surface area contributed by atoms with Gasteiger partial charge in [-0.2, -0.15) is 0 Å². The van der Waals surface area contributed by atoms with Crippen LogP contribution in [0.25, 0.3) is 0 Å². The van der Waals surface area contributed by atoms with Gasteiger partial charge in [0.25, 0.3) is 0 Å². The number of hydrogen-bond donors (Lipinski definition) is 1. The molecule has 21 heavy (non-hydrogen) atoms. The van der Waals surface area contributed by atoms with Crippen LogP contribution in [0, 0.1) is 5.41 Å². The SMILES string of the molecule is CCCCCNC(=O)C(C)S(=O)CC1(CC(=O)OC)CC1. The maximum atomic E-state index is 12.3. The van der Waals surface area contributed by atoms with Crippen LogP contribution in [-0.2, 0) is 25.1 Å².